The maximum absolute atomic E-state index is 11.8. The maximum atomic E-state index is 11.8. The van der Waals surface area contributed by atoms with Crippen molar-refractivity contribution in [3.05, 3.63) is 35.4 Å². The van der Waals surface area contributed by atoms with E-state index in [-0.39, 0.29) is 5.92 Å². The van der Waals surface area contributed by atoms with Crippen LogP contribution < -0.4 is 0 Å². The molecular weight excluding hydrogens is 200 g/mol. The predicted octanol–water partition coefficient (Wildman–Crippen LogP) is 2.53. The highest BCUT2D eigenvalue weighted by atomic mass is 16.5. The van der Waals surface area contributed by atoms with Crippen molar-refractivity contribution in [1.82, 2.24) is 0 Å². The van der Waals surface area contributed by atoms with Gasteiger partial charge in [0.15, 0.2) is 0 Å². The van der Waals surface area contributed by atoms with Crippen molar-refractivity contribution in [2.45, 2.75) is 26.2 Å². The van der Waals surface area contributed by atoms with Gasteiger partial charge < -0.3 is 4.74 Å². The minimum absolute atomic E-state index is 0.157. The van der Waals surface area contributed by atoms with E-state index in [1.807, 2.05) is 6.07 Å². The number of Topliss-reactive ketones (excluding diaryl/α,β-unsaturated/α-hetero) is 1. The molecule has 0 bridgehead atoms. The Morgan fingerprint density at radius 2 is 2.38 bits per heavy atom. The molecule has 0 aliphatic carbocycles. The van der Waals surface area contributed by atoms with E-state index in [1.165, 1.54) is 11.1 Å². The van der Waals surface area contributed by atoms with Crippen molar-refractivity contribution < 1.29 is 9.53 Å². The van der Waals surface area contributed by atoms with Crippen LogP contribution in [-0.2, 0) is 16.0 Å². The van der Waals surface area contributed by atoms with E-state index in [2.05, 4.69) is 25.1 Å². The van der Waals surface area contributed by atoms with E-state index < -0.39 is 0 Å². The highest BCUT2D eigenvalue weighted by molar-refractivity contribution is 5.81. The van der Waals surface area contributed by atoms with Gasteiger partial charge in [-0.25, -0.2) is 0 Å². The molecule has 2 heteroatoms. The summed E-state index contributed by atoms with van der Waals surface area (Å²) in [6, 6.07) is 8.37. The first-order valence-corrected chi connectivity index (χ1v) is 5.92. The van der Waals surface area contributed by atoms with Gasteiger partial charge in [0.2, 0.25) is 0 Å². The highest BCUT2D eigenvalue weighted by Gasteiger charge is 2.22. The fourth-order valence-electron chi connectivity index (χ4n) is 2.13. The second-order valence-corrected chi connectivity index (χ2v) is 4.52. The Morgan fingerprint density at radius 3 is 3.06 bits per heavy atom. The van der Waals surface area contributed by atoms with Gasteiger partial charge in [0.1, 0.15) is 5.78 Å². The molecule has 2 nitrogen and oxygen atoms in total. The molecule has 1 aliphatic heterocycles. The summed E-state index contributed by atoms with van der Waals surface area (Å²) in [5.74, 6) is 0.517. The molecule has 1 heterocycles. The molecule has 1 aromatic rings. The molecule has 0 saturated carbocycles. The smallest absolute Gasteiger partial charge is 0.138 e. The monoisotopic (exact) mass is 218 g/mol. The standard InChI is InChI=1S/C14H18O2/c1-11-3-2-4-12(9-11)5-6-14(15)13-7-8-16-10-13/h2-4,9,13H,5-8,10H2,1H3. The fraction of sp³-hybridized carbons (Fsp3) is 0.500. The van der Waals surface area contributed by atoms with Crippen LogP contribution in [0.5, 0.6) is 0 Å². The van der Waals surface area contributed by atoms with Crippen molar-refractivity contribution in [3.63, 3.8) is 0 Å². The van der Waals surface area contributed by atoms with Crippen LogP contribution in [-0.4, -0.2) is 19.0 Å². The van der Waals surface area contributed by atoms with Crippen LogP contribution >= 0.6 is 0 Å². The molecule has 16 heavy (non-hydrogen) atoms. The zero-order chi connectivity index (χ0) is 11.4. The first kappa shape index (κ1) is 11.3. The Balaban J connectivity index is 1.84. The molecule has 1 unspecified atom stereocenters. The molecule has 1 aromatic carbocycles. The summed E-state index contributed by atoms with van der Waals surface area (Å²) in [6.07, 6.45) is 2.42. The van der Waals surface area contributed by atoms with Crippen molar-refractivity contribution in [2.75, 3.05) is 13.2 Å². The molecule has 1 atom stereocenters. The van der Waals surface area contributed by atoms with Gasteiger partial charge in [-0.05, 0) is 25.3 Å². The summed E-state index contributed by atoms with van der Waals surface area (Å²) in [7, 11) is 0. The molecule has 86 valence electrons. The average molecular weight is 218 g/mol. The van der Waals surface area contributed by atoms with Gasteiger partial charge in [-0.15, -0.1) is 0 Å². The number of ether oxygens (including phenoxy) is 1. The van der Waals surface area contributed by atoms with E-state index in [4.69, 9.17) is 4.74 Å². The Labute approximate surface area is 96.6 Å². The molecular formula is C14H18O2. The fourth-order valence-corrected chi connectivity index (χ4v) is 2.13. The van der Waals surface area contributed by atoms with Crippen molar-refractivity contribution in [1.29, 1.82) is 0 Å². The molecule has 1 aliphatic rings. The minimum Gasteiger partial charge on any atom is -0.381 e. The maximum Gasteiger partial charge on any atom is 0.138 e. The van der Waals surface area contributed by atoms with Gasteiger partial charge in [0, 0.05) is 18.9 Å². The van der Waals surface area contributed by atoms with E-state index in [0.717, 1.165) is 19.4 Å². The summed E-state index contributed by atoms with van der Waals surface area (Å²) in [5, 5.41) is 0. The lowest BCUT2D eigenvalue weighted by molar-refractivity contribution is -0.122. The summed E-state index contributed by atoms with van der Waals surface area (Å²) in [6.45, 7) is 3.46. The molecule has 0 amide bonds. The van der Waals surface area contributed by atoms with Crippen LogP contribution in [0.2, 0.25) is 0 Å². The molecule has 2 rings (SSSR count). The zero-order valence-electron chi connectivity index (χ0n) is 9.74. The quantitative estimate of drug-likeness (QED) is 0.776. The van der Waals surface area contributed by atoms with Gasteiger partial charge in [0.05, 0.1) is 6.61 Å². The lowest BCUT2D eigenvalue weighted by atomic mass is 9.97. The second kappa shape index (κ2) is 5.26. The van der Waals surface area contributed by atoms with Crippen molar-refractivity contribution >= 4 is 5.78 Å². The van der Waals surface area contributed by atoms with Gasteiger partial charge in [0.25, 0.3) is 0 Å². The summed E-state index contributed by atoms with van der Waals surface area (Å²) < 4.78 is 5.23. The SMILES string of the molecule is Cc1cccc(CCC(=O)C2CCOC2)c1. The Bertz CT molecular complexity index is 365. The third-order valence-corrected chi connectivity index (χ3v) is 3.13. The normalized spacial score (nSPS) is 19.9. The third kappa shape index (κ3) is 2.92. The number of ketones is 1. The number of hydrogen-bond acceptors (Lipinski definition) is 2. The Hall–Kier alpha value is -1.15. The van der Waals surface area contributed by atoms with Crippen molar-refractivity contribution in [2.24, 2.45) is 5.92 Å². The number of benzene rings is 1. The predicted molar refractivity (Wildman–Crippen MR) is 63.4 cm³/mol. The largest absolute Gasteiger partial charge is 0.381 e. The van der Waals surface area contributed by atoms with Crippen LogP contribution in [0.1, 0.15) is 24.0 Å². The molecule has 0 aromatic heterocycles. The Morgan fingerprint density at radius 1 is 1.50 bits per heavy atom. The number of rotatable bonds is 4. The zero-order valence-corrected chi connectivity index (χ0v) is 9.74. The molecule has 1 fully saturated rings. The number of carbonyl (C=O) groups is 1. The van der Waals surface area contributed by atoms with E-state index in [0.29, 0.717) is 18.8 Å². The highest BCUT2D eigenvalue weighted by Crippen LogP contribution is 2.16. The molecule has 0 N–H and O–H groups in total. The lowest BCUT2D eigenvalue weighted by Crippen LogP contribution is -2.14. The molecule has 0 radical (unpaired) electrons. The number of hydrogen-bond donors (Lipinski definition) is 0. The van der Waals surface area contributed by atoms with Crippen LogP contribution in [0.15, 0.2) is 24.3 Å². The average Bonchev–Trinajstić information content (AvgIpc) is 2.79. The first-order chi connectivity index (χ1) is 7.75. The lowest BCUT2D eigenvalue weighted by Gasteiger charge is -2.06. The topological polar surface area (TPSA) is 26.3 Å². The van der Waals surface area contributed by atoms with E-state index >= 15 is 0 Å². The van der Waals surface area contributed by atoms with Crippen LogP contribution in [0.4, 0.5) is 0 Å². The summed E-state index contributed by atoms with van der Waals surface area (Å²) in [4.78, 5) is 11.8. The molecule has 1 saturated heterocycles. The first-order valence-electron chi connectivity index (χ1n) is 5.92. The Kier molecular flexibility index (Phi) is 3.73. The number of aryl methyl sites for hydroxylation is 2. The van der Waals surface area contributed by atoms with Gasteiger partial charge in [-0.1, -0.05) is 29.8 Å². The summed E-state index contributed by atoms with van der Waals surface area (Å²) in [5.41, 5.74) is 2.52. The van der Waals surface area contributed by atoms with Gasteiger partial charge in [-0.3, -0.25) is 4.79 Å². The van der Waals surface area contributed by atoms with Crippen LogP contribution in [0.25, 0.3) is 0 Å². The molecule has 0 spiro atoms. The van der Waals surface area contributed by atoms with E-state index in [9.17, 15) is 4.79 Å². The number of carbonyl (C=O) groups excluding carboxylic acids is 1. The van der Waals surface area contributed by atoms with Crippen LogP contribution in [0, 0.1) is 12.8 Å². The van der Waals surface area contributed by atoms with E-state index in [1.54, 1.807) is 0 Å². The van der Waals surface area contributed by atoms with Gasteiger partial charge >= 0.3 is 0 Å². The minimum atomic E-state index is 0.157. The van der Waals surface area contributed by atoms with Gasteiger partial charge in [-0.2, -0.15) is 0 Å². The van der Waals surface area contributed by atoms with Crippen molar-refractivity contribution in [3.8, 4) is 0 Å². The second-order valence-electron chi connectivity index (χ2n) is 4.52. The third-order valence-electron chi connectivity index (χ3n) is 3.13. The van der Waals surface area contributed by atoms with Crippen LogP contribution in [0.3, 0.4) is 0 Å². The summed E-state index contributed by atoms with van der Waals surface area (Å²) >= 11 is 0.